The van der Waals surface area contributed by atoms with Crippen LogP contribution in [0.1, 0.15) is 31.8 Å². The van der Waals surface area contributed by atoms with E-state index in [1.807, 2.05) is 6.07 Å². The van der Waals surface area contributed by atoms with Gasteiger partial charge in [0, 0.05) is 22.4 Å². The fourth-order valence-electron chi connectivity index (χ4n) is 3.24. The Hall–Kier alpha value is -4.19. The normalized spacial score (nSPS) is 14.1. The first-order valence-electron chi connectivity index (χ1n) is 9.27. The quantitative estimate of drug-likeness (QED) is 0.518. The average molecular weight is 398 g/mol. The maximum absolute atomic E-state index is 12.5. The maximum atomic E-state index is 12.5. The summed E-state index contributed by atoms with van der Waals surface area (Å²) in [5.41, 5.74) is 3.23. The van der Waals surface area contributed by atoms with Crippen LogP contribution in [0.5, 0.6) is 5.75 Å². The Morgan fingerprint density at radius 2 is 1.63 bits per heavy atom. The van der Waals surface area contributed by atoms with Crippen molar-refractivity contribution in [1.29, 1.82) is 0 Å². The largest absolute Gasteiger partial charge is 0.497 e. The molecule has 1 aliphatic rings. The lowest BCUT2D eigenvalue weighted by molar-refractivity contribution is -0.114. The van der Waals surface area contributed by atoms with Crippen molar-refractivity contribution < 1.29 is 19.1 Å². The number of amides is 3. The molecule has 6 heteroatoms. The van der Waals surface area contributed by atoms with E-state index < -0.39 is 11.8 Å². The van der Waals surface area contributed by atoms with Gasteiger partial charge >= 0.3 is 0 Å². The van der Waals surface area contributed by atoms with Crippen molar-refractivity contribution in [3.63, 3.8) is 0 Å². The molecule has 0 unspecified atom stereocenters. The van der Waals surface area contributed by atoms with Crippen LogP contribution in [0.4, 0.5) is 5.69 Å². The number of anilines is 1. The number of methoxy groups -OCH3 is 1. The molecule has 1 aliphatic heterocycles. The van der Waals surface area contributed by atoms with Gasteiger partial charge in [0.25, 0.3) is 17.7 Å². The number of fused-ring (bicyclic) bond motifs is 1. The molecule has 1 heterocycles. The topological polar surface area (TPSA) is 84.5 Å². The summed E-state index contributed by atoms with van der Waals surface area (Å²) in [6.45, 7) is 0. The molecule has 0 saturated carbocycles. The number of nitrogens with one attached hydrogen (secondary N) is 2. The van der Waals surface area contributed by atoms with Crippen molar-refractivity contribution in [3.05, 3.63) is 95.1 Å². The Morgan fingerprint density at radius 1 is 0.900 bits per heavy atom. The third-order valence-electron chi connectivity index (χ3n) is 4.74. The molecular weight excluding hydrogens is 380 g/mol. The minimum Gasteiger partial charge on any atom is -0.497 e. The van der Waals surface area contributed by atoms with Crippen molar-refractivity contribution in [3.8, 4) is 5.75 Å². The highest BCUT2D eigenvalue weighted by Crippen LogP contribution is 2.26. The lowest BCUT2D eigenvalue weighted by Gasteiger charge is -2.18. The highest BCUT2D eigenvalue weighted by molar-refractivity contribution is 6.34. The highest BCUT2D eigenvalue weighted by atomic mass is 16.5. The van der Waals surface area contributed by atoms with E-state index in [0.717, 1.165) is 5.56 Å². The van der Waals surface area contributed by atoms with Crippen LogP contribution in [-0.2, 0) is 4.79 Å². The molecule has 30 heavy (non-hydrogen) atoms. The standard InChI is InChI=1S/C24H18N2O4/c1-30-18-11-9-16(10-12-18)22(27)25-17-6-4-5-15(13-17)14-21-19-7-2-3-8-20(19)23(28)26-24(21)29/h2-14H,1H3,(H,25,27)(H,26,28,29). The molecule has 0 saturated heterocycles. The summed E-state index contributed by atoms with van der Waals surface area (Å²) >= 11 is 0. The molecule has 3 amide bonds. The number of benzene rings is 3. The van der Waals surface area contributed by atoms with E-state index in [4.69, 9.17) is 4.74 Å². The number of ether oxygens (including phenoxy) is 1. The molecule has 0 aliphatic carbocycles. The Labute approximate surface area is 173 Å². The fraction of sp³-hybridized carbons (Fsp3) is 0.0417. The number of imide groups is 1. The number of rotatable bonds is 4. The van der Waals surface area contributed by atoms with Gasteiger partial charge in [-0.1, -0.05) is 30.3 Å². The van der Waals surface area contributed by atoms with E-state index in [9.17, 15) is 14.4 Å². The van der Waals surface area contributed by atoms with Crippen LogP contribution in [0, 0.1) is 0 Å². The SMILES string of the molecule is COc1ccc(C(=O)Nc2cccc(C=C3C(=O)NC(=O)c4ccccc43)c2)cc1. The van der Waals surface area contributed by atoms with Gasteiger partial charge in [-0.15, -0.1) is 0 Å². The molecule has 3 aromatic rings. The molecule has 0 spiro atoms. The van der Waals surface area contributed by atoms with Crippen LogP contribution in [0.3, 0.4) is 0 Å². The van der Waals surface area contributed by atoms with Gasteiger partial charge in [0.2, 0.25) is 0 Å². The smallest absolute Gasteiger partial charge is 0.258 e. The Bertz CT molecular complexity index is 1180. The van der Waals surface area contributed by atoms with Crippen molar-refractivity contribution in [2.24, 2.45) is 0 Å². The molecule has 0 bridgehead atoms. The Morgan fingerprint density at radius 3 is 2.37 bits per heavy atom. The molecule has 4 rings (SSSR count). The zero-order chi connectivity index (χ0) is 21.1. The van der Waals surface area contributed by atoms with Crippen LogP contribution in [0.15, 0.2) is 72.8 Å². The van der Waals surface area contributed by atoms with Crippen molar-refractivity contribution in [2.45, 2.75) is 0 Å². The number of hydrogen-bond donors (Lipinski definition) is 2. The molecular formula is C24H18N2O4. The molecule has 0 fully saturated rings. The molecule has 148 valence electrons. The predicted molar refractivity (Wildman–Crippen MR) is 114 cm³/mol. The van der Waals surface area contributed by atoms with Gasteiger partial charge in [-0.2, -0.15) is 0 Å². The molecule has 6 nitrogen and oxygen atoms in total. The third kappa shape index (κ3) is 3.84. The van der Waals surface area contributed by atoms with Gasteiger partial charge in [0.05, 0.1) is 7.11 Å². The summed E-state index contributed by atoms with van der Waals surface area (Å²) in [7, 11) is 1.57. The second-order valence-corrected chi connectivity index (χ2v) is 6.69. The summed E-state index contributed by atoms with van der Waals surface area (Å²) in [5.74, 6) is -0.446. The molecule has 2 N–H and O–H groups in total. The number of hydrogen-bond acceptors (Lipinski definition) is 4. The summed E-state index contributed by atoms with van der Waals surface area (Å²) < 4.78 is 5.10. The predicted octanol–water partition coefficient (Wildman–Crippen LogP) is 3.76. The lowest BCUT2D eigenvalue weighted by atomic mass is 9.93. The summed E-state index contributed by atoms with van der Waals surface area (Å²) in [4.78, 5) is 36.9. The second-order valence-electron chi connectivity index (χ2n) is 6.69. The van der Waals surface area contributed by atoms with E-state index in [0.29, 0.717) is 33.7 Å². The zero-order valence-electron chi connectivity index (χ0n) is 16.1. The molecule has 3 aromatic carbocycles. The molecule has 0 radical (unpaired) electrons. The van der Waals surface area contributed by atoms with E-state index >= 15 is 0 Å². The van der Waals surface area contributed by atoms with Gasteiger partial charge in [0.15, 0.2) is 0 Å². The monoisotopic (exact) mass is 398 g/mol. The lowest BCUT2D eigenvalue weighted by Crippen LogP contribution is -2.36. The summed E-state index contributed by atoms with van der Waals surface area (Å²) in [6, 6.07) is 20.9. The van der Waals surface area contributed by atoms with Gasteiger partial charge in [-0.3, -0.25) is 19.7 Å². The summed E-state index contributed by atoms with van der Waals surface area (Å²) in [6.07, 6.45) is 1.70. The highest BCUT2D eigenvalue weighted by Gasteiger charge is 2.26. The Balaban J connectivity index is 1.60. The van der Waals surface area contributed by atoms with Crippen molar-refractivity contribution in [1.82, 2.24) is 5.32 Å². The average Bonchev–Trinajstić information content (AvgIpc) is 2.77. The van der Waals surface area contributed by atoms with Crippen LogP contribution < -0.4 is 15.4 Å². The van der Waals surface area contributed by atoms with E-state index in [-0.39, 0.29) is 5.91 Å². The van der Waals surface area contributed by atoms with Gasteiger partial charge in [-0.05, 0) is 59.7 Å². The van der Waals surface area contributed by atoms with E-state index in [1.165, 1.54) is 0 Å². The molecule has 0 aromatic heterocycles. The van der Waals surface area contributed by atoms with Gasteiger partial charge in [0.1, 0.15) is 5.75 Å². The minimum atomic E-state index is -0.452. The van der Waals surface area contributed by atoms with Crippen molar-refractivity contribution in [2.75, 3.05) is 12.4 Å². The first-order valence-corrected chi connectivity index (χ1v) is 9.27. The number of carbonyl (C=O) groups excluding carboxylic acids is 3. The van der Waals surface area contributed by atoms with Crippen LogP contribution in [-0.4, -0.2) is 24.8 Å². The number of carbonyl (C=O) groups is 3. The van der Waals surface area contributed by atoms with Crippen LogP contribution >= 0.6 is 0 Å². The minimum absolute atomic E-state index is 0.256. The first-order chi connectivity index (χ1) is 14.5. The second kappa shape index (κ2) is 8.05. The summed E-state index contributed by atoms with van der Waals surface area (Å²) in [5, 5.41) is 5.20. The maximum Gasteiger partial charge on any atom is 0.258 e. The van der Waals surface area contributed by atoms with Crippen molar-refractivity contribution >= 4 is 35.1 Å². The third-order valence-corrected chi connectivity index (χ3v) is 4.74. The van der Waals surface area contributed by atoms with Crippen LogP contribution in [0.2, 0.25) is 0 Å². The van der Waals surface area contributed by atoms with Crippen LogP contribution in [0.25, 0.3) is 11.6 Å². The fourth-order valence-corrected chi connectivity index (χ4v) is 3.24. The van der Waals surface area contributed by atoms with Gasteiger partial charge in [-0.25, -0.2) is 0 Å². The van der Waals surface area contributed by atoms with Gasteiger partial charge < -0.3 is 10.1 Å². The van der Waals surface area contributed by atoms with E-state index in [1.54, 1.807) is 79.9 Å². The van der Waals surface area contributed by atoms with E-state index in [2.05, 4.69) is 10.6 Å². The molecule has 0 atom stereocenters. The first kappa shape index (κ1) is 19.1. The zero-order valence-corrected chi connectivity index (χ0v) is 16.1. The Kier molecular flexibility index (Phi) is 5.13.